The van der Waals surface area contributed by atoms with Crippen molar-refractivity contribution in [2.45, 2.75) is 13.8 Å². The molecule has 0 aliphatic carbocycles. The lowest BCUT2D eigenvalue weighted by Gasteiger charge is -2.23. The molecule has 2 amide bonds. The fourth-order valence-electron chi connectivity index (χ4n) is 1.72. The molecule has 108 valence electrons. The van der Waals surface area contributed by atoms with E-state index in [4.69, 9.17) is 10.8 Å². The van der Waals surface area contributed by atoms with Gasteiger partial charge in [-0.25, -0.2) is 0 Å². The van der Waals surface area contributed by atoms with Crippen LogP contribution in [0.5, 0.6) is 0 Å². The van der Waals surface area contributed by atoms with Crippen LogP contribution in [0.4, 0.5) is 0 Å². The summed E-state index contributed by atoms with van der Waals surface area (Å²) in [7, 11) is 0. The van der Waals surface area contributed by atoms with Crippen molar-refractivity contribution in [1.29, 1.82) is 0 Å². The Morgan fingerprint density at radius 3 is 2.10 bits per heavy atom. The van der Waals surface area contributed by atoms with Crippen molar-refractivity contribution in [1.82, 2.24) is 4.90 Å². The van der Waals surface area contributed by atoms with Crippen LogP contribution in [0.15, 0.2) is 24.3 Å². The average Bonchev–Trinajstić information content (AvgIpc) is 2.43. The van der Waals surface area contributed by atoms with Crippen molar-refractivity contribution >= 4 is 17.8 Å². The first-order valence-electron chi connectivity index (χ1n) is 6.28. The second-order valence-electron chi connectivity index (χ2n) is 4.52. The molecular formula is C14H18N2O4. The smallest absolute Gasteiger partial charge is 0.308 e. The number of hydrogen-bond donors (Lipinski definition) is 2. The van der Waals surface area contributed by atoms with E-state index in [0.717, 1.165) is 0 Å². The number of carboxylic acids is 1. The van der Waals surface area contributed by atoms with Gasteiger partial charge in [0.15, 0.2) is 0 Å². The summed E-state index contributed by atoms with van der Waals surface area (Å²) in [6.45, 7) is 3.88. The minimum absolute atomic E-state index is 0.141. The van der Waals surface area contributed by atoms with Crippen molar-refractivity contribution in [3.05, 3.63) is 35.4 Å². The summed E-state index contributed by atoms with van der Waals surface area (Å²) in [5.74, 6) is -2.41. The van der Waals surface area contributed by atoms with E-state index in [2.05, 4.69) is 0 Å². The number of nitrogens with two attached hydrogens (primary N) is 1. The highest BCUT2D eigenvalue weighted by Crippen LogP contribution is 2.10. The van der Waals surface area contributed by atoms with Crippen molar-refractivity contribution in [3.63, 3.8) is 0 Å². The minimum Gasteiger partial charge on any atom is -0.481 e. The molecule has 1 unspecified atom stereocenters. The van der Waals surface area contributed by atoms with Gasteiger partial charge in [-0.3, -0.25) is 14.4 Å². The van der Waals surface area contributed by atoms with Crippen molar-refractivity contribution in [2.24, 2.45) is 11.7 Å². The van der Waals surface area contributed by atoms with Crippen LogP contribution in [0.25, 0.3) is 0 Å². The van der Waals surface area contributed by atoms with Gasteiger partial charge in [-0.1, -0.05) is 6.92 Å². The summed E-state index contributed by atoms with van der Waals surface area (Å²) in [6.07, 6.45) is 0. The van der Waals surface area contributed by atoms with Crippen molar-refractivity contribution in [3.8, 4) is 0 Å². The molecule has 0 aliphatic rings. The van der Waals surface area contributed by atoms with Crippen LogP contribution in [0.1, 0.15) is 34.6 Å². The second kappa shape index (κ2) is 6.70. The van der Waals surface area contributed by atoms with E-state index in [0.29, 0.717) is 17.7 Å². The van der Waals surface area contributed by atoms with Gasteiger partial charge in [0.25, 0.3) is 5.91 Å². The zero-order valence-corrected chi connectivity index (χ0v) is 11.5. The third-order valence-corrected chi connectivity index (χ3v) is 3.00. The molecule has 3 N–H and O–H groups in total. The number of carbonyl (C=O) groups is 3. The maximum atomic E-state index is 12.2. The lowest BCUT2D eigenvalue weighted by Crippen LogP contribution is -2.36. The van der Waals surface area contributed by atoms with E-state index in [1.807, 2.05) is 0 Å². The molecule has 6 nitrogen and oxygen atoms in total. The molecular weight excluding hydrogens is 260 g/mol. The SMILES string of the molecule is CCN(CC(C)C(=O)O)C(=O)c1ccc(C(N)=O)cc1. The molecule has 1 rings (SSSR count). The van der Waals surface area contributed by atoms with E-state index in [9.17, 15) is 14.4 Å². The molecule has 0 saturated carbocycles. The van der Waals surface area contributed by atoms with Gasteiger partial charge in [0.2, 0.25) is 5.91 Å². The molecule has 1 aromatic rings. The number of hydrogen-bond acceptors (Lipinski definition) is 3. The summed E-state index contributed by atoms with van der Waals surface area (Å²) in [4.78, 5) is 35.5. The molecule has 1 aromatic carbocycles. The topological polar surface area (TPSA) is 101 Å². The average molecular weight is 278 g/mol. The van der Waals surface area contributed by atoms with E-state index >= 15 is 0 Å². The van der Waals surface area contributed by atoms with Crippen LogP contribution in [0.3, 0.4) is 0 Å². The molecule has 0 fully saturated rings. The van der Waals surface area contributed by atoms with Gasteiger partial charge < -0.3 is 15.7 Å². The Morgan fingerprint density at radius 1 is 1.20 bits per heavy atom. The molecule has 0 saturated heterocycles. The fraction of sp³-hybridized carbons (Fsp3) is 0.357. The quantitative estimate of drug-likeness (QED) is 0.809. The first-order chi connectivity index (χ1) is 9.36. The van der Waals surface area contributed by atoms with E-state index < -0.39 is 17.8 Å². The summed E-state index contributed by atoms with van der Waals surface area (Å²) >= 11 is 0. The molecule has 1 atom stereocenters. The molecule has 0 bridgehead atoms. The molecule has 6 heteroatoms. The minimum atomic E-state index is -0.944. The van der Waals surface area contributed by atoms with Gasteiger partial charge in [0, 0.05) is 24.2 Å². The summed E-state index contributed by atoms with van der Waals surface area (Å²) < 4.78 is 0. The van der Waals surface area contributed by atoms with Crippen LogP contribution < -0.4 is 5.73 Å². The number of benzene rings is 1. The van der Waals surface area contributed by atoms with Crippen molar-refractivity contribution < 1.29 is 19.5 Å². The van der Waals surface area contributed by atoms with Gasteiger partial charge >= 0.3 is 5.97 Å². The monoisotopic (exact) mass is 278 g/mol. The highest BCUT2D eigenvalue weighted by molar-refractivity contribution is 5.97. The molecule has 0 spiro atoms. The van der Waals surface area contributed by atoms with Gasteiger partial charge in [-0.2, -0.15) is 0 Å². The number of carboxylic acid groups (broad SMARTS) is 1. The number of primary amides is 1. The van der Waals surface area contributed by atoms with Crippen LogP contribution in [0.2, 0.25) is 0 Å². The van der Waals surface area contributed by atoms with Crippen LogP contribution in [-0.4, -0.2) is 40.9 Å². The highest BCUT2D eigenvalue weighted by Gasteiger charge is 2.20. The Hall–Kier alpha value is -2.37. The molecule has 0 aromatic heterocycles. The molecule has 20 heavy (non-hydrogen) atoms. The fourth-order valence-corrected chi connectivity index (χ4v) is 1.72. The summed E-state index contributed by atoms with van der Waals surface area (Å²) in [5.41, 5.74) is 5.85. The largest absolute Gasteiger partial charge is 0.481 e. The van der Waals surface area contributed by atoms with Crippen LogP contribution in [0, 0.1) is 5.92 Å². The predicted molar refractivity (Wildman–Crippen MR) is 73.3 cm³/mol. The Balaban J connectivity index is 2.85. The Kier molecular flexibility index (Phi) is 5.25. The van der Waals surface area contributed by atoms with Gasteiger partial charge in [0.05, 0.1) is 5.92 Å². The number of carbonyl (C=O) groups excluding carboxylic acids is 2. The third-order valence-electron chi connectivity index (χ3n) is 3.00. The standard InChI is InChI=1S/C14H18N2O4/c1-3-16(8-9(2)14(19)20)13(18)11-6-4-10(5-7-11)12(15)17/h4-7,9H,3,8H2,1-2H3,(H2,15,17)(H,19,20). The Morgan fingerprint density at radius 2 is 1.70 bits per heavy atom. The van der Waals surface area contributed by atoms with Crippen molar-refractivity contribution in [2.75, 3.05) is 13.1 Å². The summed E-state index contributed by atoms with van der Waals surface area (Å²) in [6, 6.07) is 5.97. The second-order valence-corrected chi connectivity index (χ2v) is 4.52. The maximum absolute atomic E-state index is 12.2. The van der Waals surface area contributed by atoms with Gasteiger partial charge in [-0.15, -0.1) is 0 Å². The molecule has 0 heterocycles. The number of nitrogens with zero attached hydrogens (tertiary/aromatic N) is 1. The van der Waals surface area contributed by atoms with Crippen LogP contribution in [-0.2, 0) is 4.79 Å². The van der Waals surface area contributed by atoms with E-state index in [-0.39, 0.29) is 12.5 Å². The molecule has 0 aliphatic heterocycles. The third kappa shape index (κ3) is 3.81. The number of amides is 2. The van der Waals surface area contributed by atoms with E-state index in [1.165, 1.54) is 29.2 Å². The first-order valence-corrected chi connectivity index (χ1v) is 6.28. The lowest BCUT2D eigenvalue weighted by atomic mass is 10.1. The number of rotatable bonds is 6. The Labute approximate surface area is 117 Å². The van der Waals surface area contributed by atoms with E-state index in [1.54, 1.807) is 13.8 Å². The maximum Gasteiger partial charge on any atom is 0.308 e. The van der Waals surface area contributed by atoms with Crippen LogP contribution >= 0.6 is 0 Å². The predicted octanol–water partition coefficient (Wildman–Crippen LogP) is 0.968. The Bertz CT molecular complexity index is 510. The first kappa shape index (κ1) is 15.7. The van der Waals surface area contributed by atoms with Gasteiger partial charge in [-0.05, 0) is 31.2 Å². The zero-order valence-electron chi connectivity index (χ0n) is 11.5. The lowest BCUT2D eigenvalue weighted by molar-refractivity contribution is -0.141. The van der Waals surface area contributed by atoms with Gasteiger partial charge in [0.1, 0.15) is 0 Å². The highest BCUT2D eigenvalue weighted by atomic mass is 16.4. The molecule has 0 radical (unpaired) electrons. The normalized spacial score (nSPS) is 11.7. The number of aliphatic carboxylic acids is 1. The summed E-state index contributed by atoms with van der Waals surface area (Å²) in [5, 5.41) is 8.89. The zero-order chi connectivity index (χ0) is 15.3.